The molecule has 0 heterocycles. The molecule has 0 spiro atoms. The maximum atomic E-state index is 10.5. The van der Waals surface area contributed by atoms with Crippen LogP contribution in [0.4, 0.5) is 0 Å². The number of ether oxygens (including phenoxy) is 1. The van der Waals surface area contributed by atoms with E-state index in [1.54, 1.807) is 0 Å². The van der Waals surface area contributed by atoms with Gasteiger partial charge in [0.05, 0.1) is 7.11 Å². The first kappa shape index (κ1) is 11.0. The second-order valence-electron chi connectivity index (χ2n) is 2.55. The van der Waals surface area contributed by atoms with Crippen LogP contribution in [0.1, 0.15) is 6.92 Å². The molecule has 0 radical (unpaired) electrons. The number of esters is 1. The summed E-state index contributed by atoms with van der Waals surface area (Å²) >= 11 is 0. The number of rotatable bonds is 5. The smallest absolute Gasteiger partial charge is 0.331 e. The van der Waals surface area contributed by atoms with Crippen molar-refractivity contribution in [1.82, 2.24) is 5.32 Å². The largest absolute Gasteiger partial charge is 0.466 e. The fraction of sp³-hybridized carbons (Fsp3) is 0.625. The molecule has 0 saturated carbocycles. The Bertz CT molecular complexity index is 156. The molecule has 0 fully saturated rings. The number of carbonyl (C=O) groups excluding carboxylic acids is 1. The van der Waals surface area contributed by atoms with Gasteiger partial charge in [0.15, 0.2) is 0 Å². The molecule has 1 unspecified atom stereocenters. The lowest BCUT2D eigenvalue weighted by atomic mass is 10.2. The van der Waals surface area contributed by atoms with E-state index < -0.39 is 0 Å². The highest BCUT2D eigenvalue weighted by Gasteiger charge is 1.96. The van der Waals surface area contributed by atoms with Gasteiger partial charge in [0.2, 0.25) is 0 Å². The van der Waals surface area contributed by atoms with E-state index in [-0.39, 0.29) is 18.5 Å². The molecule has 0 aromatic carbocycles. The van der Waals surface area contributed by atoms with Crippen LogP contribution in [0.3, 0.4) is 0 Å². The summed E-state index contributed by atoms with van der Waals surface area (Å²) in [5.41, 5.74) is 0. The molecule has 0 aliphatic carbocycles. The van der Waals surface area contributed by atoms with Crippen molar-refractivity contribution < 1.29 is 14.6 Å². The van der Waals surface area contributed by atoms with Gasteiger partial charge in [0, 0.05) is 25.4 Å². The Hall–Kier alpha value is -1.03. The summed E-state index contributed by atoms with van der Waals surface area (Å²) in [6.07, 6.45) is 2.81. The Morgan fingerprint density at radius 1 is 1.75 bits per heavy atom. The molecular weight excluding hydrogens is 158 g/mol. The van der Waals surface area contributed by atoms with Gasteiger partial charge in [-0.2, -0.15) is 0 Å². The first-order valence-electron chi connectivity index (χ1n) is 3.79. The predicted octanol–water partition coefficient (Wildman–Crippen LogP) is -0.109. The van der Waals surface area contributed by atoms with Crippen molar-refractivity contribution in [3.05, 3.63) is 12.3 Å². The van der Waals surface area contributed by atoms with Gasteiger partial charge in [-0.05, 0) is 5.92 Å². The number of aliphatic hydroxyl groups is 1. The number of hydrogen-bond donors (Lipinski definition) is 2. The molecule has 70 valence electrons. The fourth-order valence-electron chi connectivity index (χ4n) is 0.529. The zero-order chi connectivity index (χ0) is 9.40. The van der Waals surface area contributed by atoms with E-state index in [1.165, 1.54) is 19.4 Å². The molecule has 0 aliphatic rings. The van der Waals surface area contributed by atoms with Crippen LogP contribution in [-0.4, -0.2) is 31.3 Å². The monoisotopic (exact) mass is 173 g/mol. The molecular formula is C8H15NO3. The molecule has 0 bridgehead atoms. The van der Waals surface area contributed by atoms with E-state index in [4.69, 9.17) is 5.11 Å². The second kappa shape index (κ2) is 6.67. The Kier molecular flexibility index (Phi) is 6.09. The van der Waals surface area contributed by atoms with Gasteiger partial charge in [-0.25, -0.2) is 4.79 Å². The van der Waals surface area contributed by atoms with Crippen molar-refractivity contribution in [3.8, 4) is 0 Å². The highest BCUT2D eigenvalue weighted by molar-refractivity contribution is 5.81. The van der Waals surface area contributed by atoms with Crippen molar-refractivity contribution in [2.75, 3.05) is 20.3 Å². The van der Waals surface area contributed by atoms with Gasteiger partial charge in [0.1, 0.15) is 0 Å². The van der Waals surface area contributed by atoms with E-state index in [9.17, 15) is 4.79 Å². The maximum absolute atomic E-state index is 10.5. The number of nitrogens with one attached hydrogen (secondary N) is 1. The normalized spacial score (nSPS) is 12.9. The summed E-state index contributed by atoms with van der Waals surface area (Å²) in [7, 11) is 1.32. The van der Waals surface area contributed by atoms with Crippen molar-refractivity contribution in [2.45, 2.75) is 6.92 Å². The zero-order valence-corrected chi connectivity index (χ0v) is 7.41. The van der Waals surface area contributed by atoms with Crippen molar-refractivity contribution in [3.63, 3.8) is 0 Å². The number of hydrogen-bond acceptors (Lipinski definition) is 4. The average Bonchev–Trinajstić information content (AvgIpc) is 2.11. The van der Waals surface area contributed by atoms with Gasteiger partial charge in [-0.3, -0.25) is 0 Å². The van der Waals surface area contributed by atoms with Gasteiger partial charge in [-0.1, -0.05) is 6.92 Å². The van der Waals surface area contributed by atoms with E-state index in [0.717, 1.165) is 0 Å². The lowest BCUT2D eigenvalue weighted by molar-refractivity contribution is -0.134. The summed E-state index contributed by atoms with van der Waals surface area (Å²) < 4.78 is 4.37. The Balaban J connectivity index is 3.42. The fourth-order valence-corrected chi connectivity index (χ4v) is 0.529. The molecule has 0 aromatic heterocycles. The minimum absolute atomic E-state index is 0.138. The third kappa shape index (κ3) is 5.73. The number of carbonyl (C=O) groups is 1. The summed E-state index contributed by atoms with van der Waals surface area (Å²) in [6, 6.07) is 0. The summed E-state index contributed by atoms with van der Waals surface area (Å²) in [5, 5.41) is 11.5. The third-order valence-corrected chi connectivity index (χ3v) is 1.32. The van der Waals surface area contributed by atoms with Crippen molar-refractivity contribution in [1.29, 1.82) is 0 Å². The molecule has 12 heavy (non-hydrogen) atoms. The van der Waals surface area contributed by atoms with Crippen LogP contribution in [-0.2, 0) is 9.53 Å². The minimum Gasteiger partial charge on any atom is -0.466 e. The lowest BCUT2D eigenvalue weighted by Crippen LogP contribution is -2.18. The zero-order valence-electron chi connectivity index (χ0n) is 7.41. The van der Waals surface area contributed by atoms with E-state index in [0.29, 0.717) is 6.54 Å². The molecule has 1 atom stereocenters. The van der Waals surface area contributed by atoms with Crippen LogP contribution < -0.4 is 5.32 Å². The Morgan fingerprint density at radius 3 is 2.92 bits per heavy atom. The number of aliphatic hydroxyl groups excluding tert-OH is 1. The van der Waals surface area contributed by atoms with E-state index in [2.05, 4.69) is 10.1 Å². The third-order valence-electron chi connectivity index (χ3n) is 1.32. The Labute approximate surface area is 72.2 Å². The van der Waals surface area contributed by atoms with Crippen molar-refractivity contribution >= 4 is 5.97 Å². The van der Waals surface area contributed by atoms with Crippen LogP contribution in [0, 0.1) is 5.92 Å². The van der Waals surface area contributed by atoms with Crippen LogP contribution in [0.5, 0.6) is 0 Å². The van der Waals surface area contributed by atoms with Crippen LogP contribution in [0.15, 0.2) is 12.3 Å². The molecule has 4 heteroatoms. The quantitative estimate of drug-likeness (QED) is 0.450. The van der Waals surface area contributed by atoms with E-state index in [1.807, 2.05) is 6.92 Å². The molecule has 0 aromatic rings. The van der Waals surface area contributed by atoms with E-state index >= 15 is 0 Å². The summed E-state index contributed by atoms with van der Waals surface area (Å²) in [5.74, 6) is -0.202. The summed E-state index contributed by atoms with van der Waals surface area (Å²) in [6.45, 7) is 2.68. The van der Waals surface area contributed by atoms with Crippen LogP contribution >= 0.6 is 0 Å². The first-order valence-corrected chi connectivity index (χ1v) is 3.79. The van der Waals surface area contributed by atoms with Crippen LogP contribution in [0.2, 0.25) is 0 Å². The molecule has 0 rings (SSSR count). The van der Waals surface area contributed by atoms with Gasteiger partial charge >= 0.3 is 5.97 Å². The SMILES string of the molecule is COC(=O)/C=C/NCC(C)CO. The molecule has 0 aliphatic heterocycles. The minimum atomic E-state index is -0.390. The average molecular weight is 173 g/mol. The van der Waals surface area contributed by atoms with Gasteiger partial charge < -0.3 is 15.2 Å². The van der Waals surface area contributed by atoms with Gasteiger partial charge in [0.25, 0.3) is 0 Å². The molecule has 0 saturated heterocycles. The maximum Gasteiger partial charge on any atom is 0.331 e. The van der Waals surface area contributed by atoms with Gasteiger partial charge in [-0.15, -0.1) is 0 Å². The highest BCUT2D eigenvalue weighted by atomic mass is 16.5. The topological polar surface area (TPSA) is 58.6 Å². The standard InChI is InChI=1S/C8H15NO3/c1-7(6-10)5-9-4-3-8(11)12-2/h3-4,7,9-10H,5-6H2,1-2H3/b4-3+. The van der Waals surface area contributed by atoms with Crippen molar-refractivity contribution in [2.24, 2.45) is 5.92 Å². The predicted molar refractivity (Wildman–Crippen MR) is 45.4 cm³/mol. The lowest BCUT2D eigenvalue weighted by Gasteiger charge is -2.05. The molecule has 2 N–H and O–H groups in total. The van der Waals surface area contributed by atoms with Crippen LogP contribution in [0.25, 0.3) is 0 Å². The Morgan fingerprint density at radius 2 is 2.42 bits per heavy atom. The second-order valence-corrected chi connectivity index (χ2v) is 2.55. The highest BCUT2D eigenvalue weighted by Crippen LogP contribution is 1.88. The number of methoxy groups -OCH3 is 1. The molecule has 4 nitrogen and oxygen atoms in total. The first-order chi connectivity index (χ1) is 5.70. The summed E-state index contributed by atoms with van der Waals surface area (Å²) in [4.78, 5) is 10.5. The molecule has 0 amide bonds.